The van der Waals surface area contributed by atoms with Gasteiger partial charge in [-0.15, -0.1) is 0 Å². The van der Waals surface area contributed by atoms with Crippen LogP contribution in [0.3, 0.4) is 0 Å². The molecule has 0 aliphatic carbocycles. The number of benzene rings is 1. The molecule has 1 amide bonds. The fourth-order valence-electron chi connectivity index (χ4n) is 2.70. The van der Waals surface area contributed by atoms with Crippen molar-refractivity contribution >= 4 is 28.7 Å². The average molecular weight is 318 g/mol. The summed E-state index contributed by atoms with van der Waals surface area (Å²) in [6, 6.07) is 5.39. The van der Waals surface area contributed by atoms with Crippen LogP contribution in [0.25, 0.3) is 11.1 Å². The molecule has 7 nitrogen and oxygen atoms in total. The maximum atomic E-state index is 12.3. The van der Waals surface area contributed by atoms with Crippen LogP contribution < -0.4 is 16.0 Å². The highest BCUT2D eigenvalue weighted by atomic mass is 16.5. The van der Waals surface area contributed by atoms with Gasteiger partial charge >= 0.3 is 0 Å². The Morgan fingerprint density at radius 1 is 1.39 bits per heavy atom. The second-order valence-corrected chi connectivity index (χ2v) is 6.04. The van der Waals surface area contributed by atoms with Crippen molar-refractivity contribution in [2.75, 3.05) is 37.5 Å². The van der Waals surface area contributed by atoms with Gasteiger partial charge in [0, 0.05) is 33.0 Å². The number of rotatable bonds is 4. The largest absolute Gasteiger partial charge is 0.423 e. The molecule has 3 rings (SSSR count). The molecule has 2 aromatic rings. The van der Waals surface area contributed by atoms with E-state index in [1.807, 2.05) is 14.1 Å². The summed E-state index contributed by atoms with van der Waals surface area (Å²) in [6.45, 7) is 1.34. The van der Waals surface area contributed by atoms with Crippen molar-refractivity contribution in [1.82, 2.24) is 4.98 Å². The summed E-state index contributed by atoms with van der Waals surface area (Å²) in [7, 11) is 3.72. The fraction of sp³-hybridized carbons (Fsp3) is 0.500. The van der Waals surface area contributed by atoms with E-state index >= 15 is 0 Å². The Bertz CT molecular complexity index is 692. The van der Waals surface area contributed by atoms with Crippen molar-refractivity contribution in [1.29, 1.82) is 0 Å². The highest BCUT2D eigenvalue weighted by molar-refractivity contribution is 5.96. The zero-order chi connectivity index (χ0) is 16.4. The number of ether oxygens (including phenoxy) is 1. The molecule has 23 heavy (non-hydrogen) atoms. The van der Waals surface area contributed by atoms with E-state index in [9.17, 15) is 4.79 Å². The van der Waals surface area contributed by atoms with Crippen molar-refractivity contribution in [3.63, 3.8) is 0 Å². The summed E-state index contributed by atoms with van der Waals surface area (Å²) < 4.78 is 10.9. The van der Waals surface area contributed by atoms with E-state index < -0.39 is 6.04 Å². The normalized spacial score (nSPS) is 17.2. The lowest BCUT2D eigenvalue weighted by Crippen LogP contribution is -2.43. The molecule has 0 spiro atoms. The first-order chi connectivity index (χ1) is 11.0. The van der Waals surface area contributed by atoms with E-state index in [-0.39, 0.29) is 11.8 Å². The van der Waals surface area contributed by atoms with Crippen LogP contribution in [0.1, 0.15) is 12.8 Å². The fourth-order valence-corrected chi connectivity index (χ4v) is 2.70. The molecule has 1 aliphatic heterocycles. The van der Waals surface area contributed by atoms with Gasteiger partial charge in [-0.25, -0.2) is 0 Å². The van der Waals surface area contributed by atoms with Gasteiger partial charge in [-0.2, -0.15) is 4.98 Å². The number of aromatic nitrogens is 1. The number of carbonyl (C=O) groups is 1. The molecule has 1 aromatic heterocycles. The first kappa shape index (κ1) is 15.8. The van der Waals surface area contributed by atoms with E-state index in [0.717, 1.165) is 12.8 Å². The molecule has 1 aliphatic rings. The van der Waals surface area contributed by atoms with Crippen molar-refractivity contribution < 1.29 is 13.9 Å². The molecule has 124 valence electrons. The van der Waals surface area contributed by atoms with Crippen molar-refractivity contribution in [2.24, 2.45) is 11.7 Å². The van der Waals surface area contributed by atoms with Gasteiger partial charge < -0.3 is 25.1 Å². The van der Waals surface area contributed by atoms with Crippen LogP contribution in [0.5, 0.6) is 0 Å². The van der Waals surface area contributed by atoms with Gasteiger partial charge in [0.2, 0.25) is 5.91 Å². The van der Waals surface area contributed by atoms with E-state index in [1.165, 1.54) is 0 Å². The number of carbonyl (C=O) groups excluding carboxylic acids is 1. The summed E-state index contributed by atoms with van der Waals surface area (Å²) >= 11 is 0. The second kappa shape index (κ2) is 6.55. The van der Waals surface area contributed by atoms with Crippen LogP contribution in [-0.4, -0.2) is 44.2 Å². The van der Waals surface area contributed by atoms with Crippen LogP contribution in [0.2, 0.25) is 0 Å². The molecule has 1 saturated heterocycles. The highest BCUT2D eigenvalue weighted by Crippen LogP contribution is 2.24. The Balaban J connectivity index is 1.71. The molecule has 0 saturated carbocycles. The van der Waals surface area contributed by atoms with E-state index in [0.29, 0.717) is 36.0 Å². The number of nitrogens with one attached hydrogen (secondary N) is 1. The van der Waals surface area contributed by atoms with E-state index in [1.54, 1.807) is 23.1 Å². The maximum Gasteiger partial charge on any atom is 0.297 e. The Labute approximate surface area is 134 Å². The van der Waals surface area contributed by atoms with Crippen LogP contribution in [0.4, 0.5) is 11.7 Å². The molecule has 3 N–H and O–H groups in total. The lowest BCUT2D eigenvalue weighted by Gasteiger charge is -2.26. The minimum Gasteiger partial charge on any atom is -0.423 e. The molecular weight excluding hydrogens is 296 g/mol. The third-order valence-corrected chi connectivity index (χ3v) is 4.10. The monoisotopic (exact) mass is 318 g/mol. The summed E-state index contributed by atoms with van der Waals surface area (Å²) in [5.41, 5.74) is 8.14. The summed E-state index contributed by atoms with van der Waals surface area (Å²) in [4.78, 5) is 18.5. The maximum absolute atomic E-state index is 12.3. The van der Waals surface area contributed by atoms with Gasteiger partial charge in [-0.05, 0) is 37.0 Å². The van der Waals surface area contributed by atoms with Gasteiger partial charge in [-0.3, -0.25) is 4.79 Å². The van der Waals surface area contributed by atoms with Crippen LogP contribution in [0, 0.1) is 5.92 Å². The minimum absolute atomic E-state index is 0.167. The Morgan fingerprint density at radius 3 is 2.83 bits per heavy atom. The van der Waals surface area contributed by atoms with Crippen LogP contribution in [-0.2, 0) is 9.53 Å². The number of hydrogen-bond donors (Lipinski definition) is 2. The Kier molecular flexibility index (Phi) is 4.49. The zero-order valence-electron chi connectivity index (χ0n) is 13.4. The summed E-state index contributed by atoms with van der Waals surface area (Å²) in [5, 5.41) is 2.87. The molecule has 0 bridgehead atoms. The molecule has 1 unspecified atom stereocenters. The summed E-state index contributed by atoms with van der Waals surface area (Å²) in [5.74, 6) is -0.00699. The number of oxazole rings is 1. The zero-order valence-corrected chi connectivity index (χ0v) is 13.4. The molecule has 2 heterocycles. The number of amides is 1. The first-order valence-corrected chi connectivity index (χ1v) is 7.76. The van der Waals surface area contributed by atoms with Gasteiger partial charge in [0.1, 0.15) is 5.52 Å². The number of nitrogens with two attached hydrogens (primary N) is 1. The Morgan fingerprint density at radius 2 is 2.13 bits per heavy atom. The predicted octanol–water partition coefficient (Wildman–Crippen LogP) is 1.59. The third kappa shape index (κ3) is 3.46. The molecular formula is C16H22N4O3. The summed E-state index contributed by atoms with van der Waals surface area (Å²) in [6.07, 6.45) is 1.65. The molecule has 1 aromatic carbocycles. The van der Waals surface area contributed by atoms with Gasteiger partial charge in [0.25, 0.3) is 6.01 Å². The van der Waals surface area contributed by atoms with Crippen molar-refractivity contribution in [2.45, 2.75) is 18.9 Å². The van der Waals surface area contributed by atoms with Crippen molar-refractivity contribution in [3.8, 4) is 0 Å². The van der Waals surface area contributed by atoms with Gasteiger partial charge in [-0.1, -0.05) is 0 Å². The molecule has 0 radical (unpaired) electrons. The molecule has 1 fully saturated rings. The second-order valence-electron chi connectivity index (χ2n) is 6.04. The third-order valence-electron chi connectivity index (χ3n) is 4.10. The van der Waals surface area contributed by atoms with Crippen molar-refractivity contribution in [3.05, 3.63) is 18.2 Å². The van der Waals surface area contributed by atoms with Gasteiger partial charge in [0.15, 0.2) is 5.58 Å². The molecule has 1 atom stereocenters. The lowest BCUT2D eigenvalue weighted by molar-refractivity contribution is -0.119. The minimum atomic E-state index is -0.524. The van der Waals surface area contributed by atoms with Crippen LogP contribution in [0.15, 0.2) is 22.6 Å². The van der Waals surface area contributed by atoms with E-state index in [4.69, 9.17) is 14.9 Å². The number of anilines is 2. The lowest BCUT2D eigenvalue weighted by atomic mass is 9.92. The average Bonchev–Trinajstić information content (AvgIpc) is 2.98. The number of hydrogen-bond acceptors (Lipinski definition) is 6. The topological polar surface area (TPSA) is 93.6 Å². The predicted molar refractivity (Wildman–Crippen MR) is 88.5 cm³/mol. The number of nitrogens with zero attached hydrogens (tertiary/aromatic N) is 2. The SMILES string of the molecule is CN(C)c1nc2cc(NC(=O)C(N)C3CCOCC3)ccc2o1. The Hall–Kier alpha value is -2.12. The smallest absolute Gasteiger partial charge is 0.297 e. The standard InChI is InChI=1S/C16H22N4O3/c1-20(2)16-19-12-9-11(3-4-13(12)23-16)18-15(21)14(17)10-5-7-22-8-6-10/h3-4,9-10,14H,5-8,17H2,1-2H3,(H,18,21). The first-order valence-electron chi connectivity index (χ1n) is 7.76. The van der Waals surface area contributed by atoms with Crippen LogP contribution >= 0.6 is 0 Å². The van der Waals surface area contributed by atoms with E-state index in [2.05, 4.69) is 10.3 Å². The van der Waals surface area contributed by atoms with Gasteiger partial charge in [0.05, 0.1) is 6.04 Å². The quantitative estimate of drug-likeness (QED) is 0.889. The molecule has 7 heteroatoms. The highest BCUT2D eigenvalue weighted by Gasteiger charge is 2.26. The number of fused-ring (bicyclic) bond motifs is 1.